The van der Waals surface area contributed by atoms with E-state index in [1.807, 2.05) is 4.90 Å². The second-order valence-electron chi connectivity index (χ2n) is 9.16. The number of carbonyl (C=O) groups is 1. The van der Waals surface area contributed by atoms with Crippen LogP contribution in [-0.2, 0) is 10.0 Å². The van der Waals surface area contributed by atoms with E-state index >= 15 is 0 Å². The molecule has 1 aliphatic heterocycles. The van der Waals surface area contributed by atoms with Crippen LogP contribution in [0.2, 0.25) is 0 Å². The van der Waals surface area contributed by atoms with Gasteiger partial charge in [-0.1, -0.05) is 13.0 Å². The van der Waals surface area contributed by atoms with Crippen molar-refractivity contribution < 1.29 is 22.0 Å². The molecule has 0 saturated carbocycles. The summed E-state index contributed by atoms with van der Waals surface area (Å²) in [6, 6.07) is 10.3. The molecular weight excluding hydrogens is 476 g/mol. The van der Waals surface area contributed by atoms with Crippen molar-refractivity contribution in [2.45, 2.75) is 37.8 Å². The van der Waals surface area contributed by atoms with Crippen molar-refractivity contribution in [3.63, 3.8) is 0 Å². The van der Waals surface area contributed by atoms with Gasteiger partial charge < -0.3 is 10.2 Å². The Morgan fingerprint density at radius 3 is 2.57 bits per heavy atom. The number of aromatic nitrogens is 2. The van der Waals surface area contributed by atoms with Crippen molar-refractivity contribution in [3.8, 4) is 0 Å². The fourth-order valence-corrected chi connectivity index (χ4v) is 5.27. The lowest BCUT2D eigenvalue weighted by Gasteiger charge is -2.33. The first-order valence-electron chi connectivity index (χ1n) is 11.0. The molecule has 11 heteroatoms. The quantitative estimate of drug-likeness (QED) is 0.521. The van der Waals surface area contributed by atoms with Gasteiger partial charge in [0.1, 0.15) is 11.6 Å². The standard InChI is InChI=1S/C24H25F2N5O3S/c1-15-13-24(2,3)31(14-15)22-17(6-5-11-27-22)23(32)30-35(33,34)21-8-4-7-20(29-21)28-16-9-10-18(25)19(26)12-16/h4-12,15H,13-14H2,1-3H3,(H,28,29)(H,30,32). The lowest BCUT2D eigenvalue weighted by molar-refractivity contribution is 0.0981. The number of rotatable bonds is 6. The van der Waals surface area contributed by atoms with Gasteiger partial charge in [-0.15, -0.1) is 0 Å². The number of sulfonamides is 1. The molecule has 3 heterocycles. The molecule has 8 nitrogen and oxygen atoms in total. The zero-order valence-corrected chi connectivity index (χ0v) is 20.2. The Hall–Kier alpha value is -3.60. The number of amides is 1. The summed E-state index contributed by atoms with van der Waals surface area (Å²) in [6.45, 7) is 6.91. The van der Waals surface area contributed by atoms with E-state index in [0.717, 1.165) is 18.6 Å². The molecule has 3 aromatic rings. The largest absolute Gasteiger partial charge is 0.351 e. The maximum absolute atomic E-state index is 13.5. The second-order valence-corrected chi connectivity index (χ2v) is 10.8. The first kappa shape index (κ1) is 24.5. The molecule has 2 N–H and O–H groups in total. The van der Waals surface area contributed by atoms with Crippen molar-refractivity contribution >= 4 is 33.3 Å². The summed E-state index contributed by atoms with van der Waals surface area (Å²) < 4.78 is 54.6. The van der Waals surface area contributed by atoms with Gasteiger partial charge in [0.25, 0.3) is 15.9 Å². The number of benzene rings is 1. The molecule has 184 valence electrons. The van der Waals surface area contributed by atoms with E-state index in [0.29, 0.717) is 18.3 Å². The van der Waals surface area contributed by atoms with Crippen LogP contribution in [0.4, 0.5) is 26.1 Å². The Balaban J connectivity index is 1.57. The van der Waals surface area contributed by atoms with E-state index < -0.39 is 32.6 Å². The third-order valence-electron chi connectivity index (χ3n) is 5.78. The molecule has 1 unspecified atom stereocenters. The third kappa shape index (κ3) is 5.24. The Bertz CT molecular complexity index is 1380. The Kier molecular flexibility index (Phi) is 6.46. The molecule has 0 aliphatic carbocycles. The van der Waals surface area contributed by atoms with Gasteiger partial charge in [-0.2, -0.15) is 8.42 Å². The Morgan fingerprint density at radius 1 is 1.11 bits per heavy atom. The molecule has 0 spiro atoms. The predicted octanol–water partition coefficient (Wildman–Crippen LogP) is 4.24. The summed E-state index contributed by atoms with van der Waals surface area (Å²) in [5.41, 5.74) is 0.0648. The minimum absolute atomic E-state index is 0.0706. The molecule has 1 aromatic carbocycles. The molecule has 0 bridgehead atoms. The summed E-state index contributed by atoms with van der Waals surface area (Å²) in [7, 11) is -4.35. The maximum atomic E-state index is 13.5. The van der Waals surface area contributed by atoms with Crippen LogP contribution in [0.3, 0.4) is 0 Å². The molecule has 0 radical (unpaired) electrons. The predicted molar refractivity (Wildman–Crippen MR) is 128 cm³/mol. The zero-order valence-electron chi connectivity index (χ0n) is 19.4. The van der Waals surface area contributed by atoms with Crippen molar-refractivity contribution in [1.82, 2.24) is 14.7 Å². The van der Waals surface area contributed by atoms with Crippen molar-refractivity contribution in [2.24, 2.45) is 5.92 Å². The zero-order chi connectivity index (χ0) is 25.4. The fourth-order valence-electron chi connectivity index (χ4n) is 4.33. The van der Waals surface area contributed by atoms with Crippen LogP contribution in [0.5, 0.6) is 0 Å². The number of pyridine rings is 2. The van der Waals surface area contributed by atoms with Crippen LogP contribution in [0.25, 0.3) is 0 Å². The number of nitrogens with one attached hydrogen (secondary N) is 2. The van der Waals surface area contributed by atoms with Crippen LogP contribution >= 0.6 is 0 Å². The Morgan fingerprint density at radius 2 is 1.89 bits per heavy atom. The average Bonchev–Trinajstić information content (AvgIpc) is 3.08. The van der Waals surface area contributed by atoms with Gasteiger partial charge >= 0.3 is 0 Å². The molecule has 1 amide bonds. The van der Waals surface area contributed by atoms with Gasteiger partial charge in [-0.05, 0) is 62.6 Å². The van der Waals surface area contributed by atoms with E-state index in [1.165, 1.54) is 30.3 Å². The number of halogens is 2. The summed E-state index contributed by atoms with van der Waals surface area (Å²) >= 11 is 0. The van der Waals surface area contributed by atoms with Gasteiger partial charge in [-0.25, -0.2) is 23.5 Å². The SMILES string of the molecule is CC1CN(c2ncccc2C(=O)NS(=O)(=O)c2cccc(Nc3ccc(F)c(F)c3)n2)C(C)(C)C1. The minimum Gasteiger partial charge on any atom is -0.351 e. The minimum atomic E-state index is -4.35. The summed E-state index contributed by atoms with van der Waals surface area (Å²) in [5.74, 6) is -2.03. The molecule has 35 heavy (non-hydrogen) atoms. The van der Waals surface area contributed by atoms with E-state index in [-0.39, 0.29) is 22.6 Å². The van der Waals surface area contributed by atoms with Gasteiger partial charge in [0.15, 0.2) is 16.7 Å². The van der Waals surface area contributed by atoms with E-state index in [2.05, 4.69) is 40.8 Å². The smallest absolute Gasteiger partial charge is 0.281 e. The first-order valence-corrected chi connectivity index (χ1v) is 12.4. The number of carbonyl (C=O) groups excluding carboxylic acids is 1. The van der Waals surface area contributed by atoms with Crippen LogP contribution in [0.15, 0.2) is 59.8 Å². The van der Waals surface area contributed by atoms with Gasteiger partial charge in [0, 0.05) is 30.0 Å². The van der Waals surface area contributed by atoms with Crippen LogP contribution in [-0.4, -0.2) is 36.4 Å². The van der Waals surface area contributed by atoms with Gasteiger partial charge in [-0.3, -0.25) is 4.79 Å². The third-order valence-corrected chi connectivity index (χ3v) is 7.01. The molecule has 1 atom stereocenters. The number of nitrogens with zero attached hydrogens (tertiary/aromatic N) is 3. The highest BCUT2D eigenvalue weighted by Gasteiger charge is 2.39. The normalized spacial score (nSPS) is 17.3. The van der Waals surface area contributed by atoms with Gasteiger partial charge in [0.2, 0.25) is 0 Å². The number of hydrogen-bond donors (Lipinski definition) is 2. The van der Waals surface area contributed by atoms with Crippen molar-refractivity contribution in [2.75, 3.05) is 16.8 Å². The van der Waals surface area contributed by atoms with Crippen LogP contribution < -0.4 is 14.9 Å². The molecule has 1 saturated heterocycles. The first-order chi connectivity index (χ1) is 16.5. The number of anilines is 3. The topological polar surface area (TPSA) is 104 Å². The highest BCUT2D eigenvalue weighted by molar-refractivity contribution is 7.90. The fraction of sp³-hybridized carbons (Fsp3) is 0.292. The highest BCUT2D eigenvalue weighted by atomic mass is 32.2. The van der Waals surface area contributed by atoms with Crippen LogP contribution in [0.1, 0.15) is 37.6 Å². The molecule has 2 aromatic heterocycles. The number of hydrogen-bond acceptors (Lipinski definition) is 7. The summed E-state index contributed by atoms with van der Waals surface area (Å²) in [5, 5.41) is 2.30. The van der Waals surface area contributed by atoms with Gasteiger partial charge in [0.05, 0.1) is 5.56 Å². The molecular formula is C24H25F2N5O3S. The van der Waals surface area contributed by atoms with E-state index in [1.54, 1.807) is 12.3 Å². The molecule has 4 rings (SSSR count). The van der Waals surface area contributed by atoms with Crippen LogP contribution in [0, 0.1) is 17.6 Å². The van der Waals surface area contributed by atoms with Crippen molar-refractivity contribution in [1.29, 1.82) is 0 Å². The Labute approximate surface area is 202 Å². The summed E-state index contributed by atoms with van der Waals surface area (Å²) in [4.78, 5) is 23.5. The van der Waals surface area contributed by atoms with Crippen molar-refractivity contribution in [3.05, 3.63) is 71.9 Å². The lowest BCUT2D eigenvalue weighted by Crippen LogP contribution is -2.41. The monoisotopic (exact) mass is 501 g/mol. The summed E-state index contributed by atoms with van der Waals surface area (Å²) in [6.07, 6.45) is 2.47. The average molecular weight is 502 g/mol. The van der Waals surface area contributed by atoms with E-state index in [4.69, 9.17) is 0 Å². The molecule has 1 aliphatic rings. The highest BCUT2D eigenvalue weighted by Crippen LogP contribution is 2.37. The molecule has 1 fully saturated rings. The van der Waals surface area contributed by atoms with E-state index in [9.17, 15) is 22.0 Å². The second kappa shape index (κ2) is 9.21. The maximum Gasteiger partial charge on any atom is 0.281 e. The lowest BCUT2D eigenvalue weighted by atomic mass is 9.97.